The first-order valence-electron chi connectivity index (χ1n) is 4.99. The summed E-state index contributed by atoms with van der Waals surface area (Å²) in [5.74, 6) is 0.0963. The molecule has 1 N–H and O–H groups in total. The Morgan fingerprint density at radius 3 is 2.79 bits per heavy atom. The lowest BCUT2D eigenvalue weighted by atomic mass is 10.1. The third kappa shape index (κ3) is 2.87. The first-order valence-corrected chi connectivity index (χ1v) is 4.99. The Hall–Kier alpha value is -1.31. The number of nitrogens with one attached hydrogen (secondary N) is 1. The summed E-state index contributed by atoms with van der Waals surface area (Å²) in [4.78, 5) is 11.2. The van der Waals surface area contributed by atoms with Gasteiger partial charge in [0.15, 0.2) is 0 Å². The number of hydrogen-bond donors (Lipinski definition) is 1. The van der Waals surface area contributed by atoms with E-state index in [0.717, 1.165) is 5.56 Å². The zero-order valence-corrected chi connectivity index (χ0v) is 9.00. The summed E-state index contributed by atoms with van der Waals surface area (Å²) in [7, 11) is 0. The average molecular weight is 191 g/mol. The monoisotopic (exact) mass is 191 g/mol. The van der Waals surface area contributed by atoms with Crippen LogP contribution >= 0.6 is 0 Å². The van der Waals surface area contributed by atoms with Crippen LogP contribution in [0.3, 0.4) is 0 Å². The van der Waals surface area contributed by atoms with Crippen molar-refractivity contribution in [3.63, 3.8) is 0 Å². The molecule has 0 aliphatic carbocycles. The highest BCUT2D eigenvalue weighted by Gasteiger charge is 2.07. The summed E-state index contributed by atoms with van der Waals surface area (Å²) < 4.78 is 0. The van der Waals surface area contributed by atoms with Gasteiger partial charge in [-0.25, -0.2) is 0 Å². The molecule has 76 valence electrons. The number of aryl methyl sites for hydroxylation is 1. The van der Waals surface area contributed by atoms with Gasteiger partial charge in [-0.05, 0) is 19.4 Å². The van der Waals surface area contributed by atoms with Crippen LogP contribution in [0.2, 0.25) is 0 Å². The van der Waals surface area contributed by atoms with Crippen LogP contribution < -0.4 is 5.32 Å². The van der Waals surface area contributed by atoms with Gasteiger partial charge >= 0.3 is 0 Å². The quantitative estimate of drug-likeness (QED) is 0.781. The Bertz CT molecular complexity index is 320. The number of benzene rings is 1. The van der Waals surface area contributed by atoms with Crippen molar-refractivity contribution in [1.29, 1.82) is 0 Å². The van der Waals surface area contributed by atoms with Crippen LogP contribution in [-0.4, -0.2) is 5.91 Å². The van der Waals surface area contributed by atoms with E-state index in [-0.39, 0.29) is 11.9 Å². The Labute approximate surface area is 85.3 Å². The predicted molar refractivity (Wildman–Crippen MR) is 58.0 cm³/mol. The molecule has 0 unspecified atom stereocenters. The van der Waals surface area contributed by atoms with E-state index in [1.165, 1.54) is 5.56 Å². The van der Waals surface area contributed by atoms with Crippen LogP contribution in [0.5, 0.6) is 0 Å². The number of rotatable bonds is 3. The van der Waals surface area contributed by atoms with Crippen LogP contribution in [0, 0.1) is 6.92 Å². The van der Waals surface area contributed by atoms with Gasteiger partial charge in [0, 0.05) is 6.42 Å². The molecule has 0 spiro atoms. The smallest absolute Gasteiger partial charge is 0.220 e. The van der Waals surface area contributed by atoms with Gasteiger partial charge < -0.3 is 5.32 Å². The lowest BCUT2D eigenvalue weighted by Gasteiger charge is -2.14. The highest BCUT2D eigenvalue weighted by Crippen LogP contribution is 2.13. The third-order valence-electron chi connectivity index (χ3n) is 2.24. The van der Waals surface area contributed by atoms with Crippen LogP contribution in [0.15, 0.2) is 24.3 Å². The molecule has 0 bridgehead atoms. The maximum atomic E-state index is 11.2. The van der Waals surface area contributed by atoms with Gasteiger partial charge in [-0.15, -0.1) is 0 Å². The molecule has 1 atom stereocenters. The van der Waals surface area contributed by atoms with Crippen molar-refractivity contribution >= 4 is 5.91 Å². The Kier molecular flexibility index (Phi) is 3.69. The van der Waals surface area contributed by atoms with Crippen LogP contribution in [-0.2, 0) is 4.79 Å². The normalized spacial score (nSPS) is 12.2. The standard InChI is InChI=1S/C12H17NO/c1-4-12(14)13-10(3)11-7-5-6-9(2)8-11/h5-8,10H,4H2,1-3H3,(H,13,14)/t10-/m1/s1. The van der Waals surface area contributed by atoms with Gasteiger partial charge in [-0.1, -0.05) is 36.8 Å². The molecule has 14 heavy (non-hydrogen) atoms. The van der Waals surface area contributed by atoms with Gasteiger partial charge in [0.2, 0.25) is 5.91 Å². The topological polar surface area (TPSA) is 29.1 Å². The largest absolute Gasteiger partial charge is 0.350 e. The SMILES string of the molecule is CCC(=O)N[C@H](C)c1cccc(C)c1. The summed E-state index contributed by atoms with van der Waals surface area (Å²) in [6.45, 7) is 5.92. The molecule has 2 nitrogen and oxygen atoms in total. The van der Waals surface area contributed by atoms with E-state index in [9.17, 15) is 4.79 Å². The molecule has 0 heterocycles. The van der Waals surface area contributed by atoms with Crippen molar-refractivity contribution in [2.24, 2.45) is 0 Å². The summed E-state index contributed by atoms with van der Waals surface area (Å²) in [5.41, 5.74) is 2.38. The Morgan fingerprint density at radius 2 is 2.21 bits per heavy atom. The van der Waals surface area contributed by atoms with E-state index in [1.54, 1.807) is 0 Å². The summed E-state index contributed by atoms with van der Waals surface area (Å²) in [6, 6.07) is 8.30. The van der Waals surface area contributed by atoms with E-state index in [2.05, 4.69) is 24.4 Å². The first kappa shape index (κ1) is 10.8. The molecule has 1 aromatic rings. The number of hydrogen-bond acceptors (Lipinski definition) is 1. The molecule has 2 heteroatoms. The zero-order valence-electron chi connectivity index (χ0n) is 9.00. The van der Waals surface area contributed by atoms with Crippen LogP contribution in [0.25, 0.3) is 0 Å². The lowest BCUT2D eigenvalue weighted by Crippen LogP contribution is -2.25. The predicted octanol–water partition coefficient (Wildman–Crippen LogP) is 2.58. The maximum Gasteiger partial charge on any atom is 0.220 e. The zero-order chi connectivity index (χ0) is 10.6. The molecular weight excluding hydrogens is 174 g/mol. The molecule has 0 fully saturated rings. The minimum Gasteiger partial charge on any atom is -0.350 e. The Balaban J connectivity index is 2.69. The lowest BCUT2D eigenvalue weighted by molar-refractivity contribution is -0.121. The van der Waals surface area contributed by atoms with Crippen molar-refractivity contribution in [3.8, 4) is 0 Å². The van der Waals surface area contributed by atoms with Crippen molar-refractivity contribution in [3.05, 3.63) is 35.4 Å². The molecule has 0 aliphatic heterocycles. The highest BCUT2D eigenvalue weighted by atomic mass is 16.1. The minimum absolute atomic E-state index is 0.0963. The van der Waals surface area contributed by atoms with E-state index in [0.29, 0.717) is 6.42 Å². The molecule has 1 aromatic carbocycles. The second kappa shape index (κ2) is 4.80. The summed E-state index contributed by atoms with van der Waals surface area (Å²) in [6.07, 6.45) is 0.538. The van der Waals surface area contributed by atoms with Crippen molar-refractivity contribution in [1.82, 2.24) is 5.32 Å². The second-order valence-electron chi connectivity index (χ2n) is 3.56. The summed E-state index contributed by atoms with van der Waals surface area (Å²) in [5, 5.41) is 2.93. The molecule has 0 aliphatic rings. The molecule has 1 amide bonds. The Morgan fingerprint density at radius 1 is 1.50 bits per heavy atom. The van der Waals surface area contributed by atoms with E-state index in [1.807, 2.05) is 26.0 Å². The minimum atomic E-state index is 0.0963. The van der Waals surface area contributed by atoms with Crippen molar-refractivity contribution in [2.45, 2.75) is 33.2 Å². The van der Waals surface area contributed by atoms with Crippen LogP contribution in [0.1, 0.15) is 37.4 Å². The molecule has 0 saturated heterocycles. The number of carbonyl (C=O) groups is 1. The van der Waals surface area contributed by atoms with Crippen LogP contribution in [0.4, 0.5) is 0 Å². The fourth-order valence-corrected chi connectivity index (χ4v) is 1.37. The van der Waals surface area contributed by atoms with E-state index >= 15 is 0 Å². The van der Waals surface area contributed by atoms with Crippen molar-refractivity contribution in [2.75, 3.05) is 0 Å². The first-order chi connectivity index (χ1) is 6.63. The number of carbonyl (C=O) groups excluding carboxylic acids is 1. The van der Waals surface area contributed by atoms with Gasteiger partial charge in [0.05, 0.1) is 6.04 Å². The van der Waals surface area contributed by atoms with Gasteiger partial charge in [-0.2, -0.15) is 0 Å². The van der Waals surface area contributed by atoms with Gasteiger partial charge in [0.25, 0.3) is 0 Å². The van der Waals surface area contributed by atoms with E-state index in [4.69, 9.17) is 0 Å². The van der Waals surface area contributed by atoms with E-state index < -0.39 is 0 Å². The van der Waals surface area contributed by atoms with Gasteiger partial charge in [-0.3, -0.25) is 4.79 Å². The molecule has 0 radical (unpaired) electrons. The fraction of sp³-hybridized carbons (Fsp3) is 0.417. The van der Waals surface area contributed by atoms with Crippen molar-refractivity contribution < 1.29 is 4.79 Å². The van der Waals surface area contributed by atoms with Gasteiger partial charge in [0.1, 0.15) is 0 Å². The molecular formula is C12H17NO. The third-order valence-corrected chi connectivity index (χ3v) is 2.24. The molecule has 0 aromatic heterocycles. The average Bonchev–Trinajstić information content (AvgIpc) is 2.17. The molecule has 1 rings (SSSR count). The number of amides is 1. The molecule has 0 saturated carbocycles. The fourth-order valence-electron chi connectivity index (χ4n) is 1.37. The highest BCUT2D eigenvalue weighted by molar-refractivity contribution is 5.75. The summed E-state index contributed by atoms with van der Waals surface area (Å²) >= 11 is 0. The second-order valence-corrected chi connectivity index (χ2v) is 3.56. The maximum absolute atomic E-state index is 11.2.